The number of carbonyl (C=O) groups is 2. The van der Waals surface area contributed by atoms with Gasteiger partial charge in [0.2, 0.25) is 0 Å². The second kappa shape index (κ2) is 12.7. The first-order chi connectivity index (χ1) is 13.7. The van der Waals surface area contributed by atoms with Gasteiger partial charge in [0.25, 0.3) is 0 Å². The predicted octanol–water partition coefficient (Wildman–Crippen LogP) is 4.59. The van der Waals surface area contributed by atoms with Crippen LogP contribution in [-0.2, 0) is 19.1 Å². The van der Waals surface area contributed by atoms with Gasteiger partial charge in [0.1, 0.15) is 0 Å². The summed E-state index contributed by atoms with van der Waals surface area (Å²) in [6.45, 7) is 8.79. The molecule has 0 fully saturated rings. The van der Waals surface area contributed by atoms with E-state index >= 15 is 0 Å². The molecule has 0 radical (unpaired) electrons. The van der Waals surface area contributed by atoms with Crippen molar-refractivity contribution in [2.45, 2.75) is 40.5 Å². The fourth-order valence-corrected chi connectivity index (χ4v) is 2.18. The Kier molecular flexibility index (Phi) is 10.7. The topological polar surface area (TPSA) is 99.1 Å². The van der Waals surface area contributed by atoms with Crippen molar-refractivity contribution in [3.8, 4) is 0 Å². The molecule has 0 aliphatic carbocycles. The lowest BCUT2D eigenvalue weighted by molar-refractivity contribution is -0.138. The summed E-state index contributed by atoms with van der Waals surface area (Å²) in [4.78, 5) is 23.4. The third kappa shape index (κ3) is 10.5. The number of anilines is 1. The average Bonchev–Trinajstić information content (AvgIpc) is 2.64. The summed E-state index contributed by atoms with van der Waals surface area (Å²) >= 11 is 0. The van der Waals surface area contributed by atoms with Gasteiger partial charge in [-0.15, -0.1) is 0 Å². The van der Waals surface area contributed by atoms with Gasteiger partial charge in [0, 0.05) is 12.2 Å². The van der Waals surface area contributed by atoms with Gasteiger partial charge in [-0.1, -0.05) is 39.8 Å². The molecule has 7 heteroatoms. The van der Waals surface area contributed by atoms with E-state index < -0.39 is 11.9 Å². The number of nitrogens with zero attached hydrogens (tertiary/aromatic N) is 1. The van der Waals surface area contributed by atoms with Crippen molar-refractivity contribution >= 4 is 29.8 Å². The summed E-state index contributed by atoms with van der Waals surface area (Å²) in [5, 5.41) is 20.5. The standard InChI is InChI=1S/C22H30NO6/c1-16(2)11-13-28-21(24)9-6-18-5-7-19(20(15-18)23(26)27)8-10-22(25)29-14-12-17(3)4/h5-10,15-17,26H,11-14H2,1-4H3/q-1. The Labute approximate surface area is 172 Å². The van der Waals surface area contributed by atoms with Crippen molar-refractivity contribution in [2.75, 3.05) is 18.4 Å². The first-order valence-corrected chi connectivity index (χ1v) is 9.69. The third-order valence-electron chi connectivity index (χ3n) is 3.95. The zero-order valence-electron chi connectivity index (χ0n) is 17.5. The molecule has 0 saturated heterocycles. The molecule has 1 aromatic carbocycles. The van der Waals surface area contributed by atoms with Gasteiger partial charge in [-0.3, -0.25) is 5.21 Å². The minimum atomic E-state index is -0.528. The van der Waals surface area contributed by atoms with E-state index in [9.17, 15) is 20.0 Å². The smallest absolute Gasteiger partial charge is 0.330 e. The van der Waals surface area contributed by atoms with Crippen molar-refractivity contribution in [2.24, 2.45) is 11.8 Å². The second-order valence-electron chi connectivity index (χ2n) is 7.46. The Morgan fingerprint density at radius 2 is 1.52 bits per heavy atom. The molecule has 1 aromatic rings. The van der Waals surface area contributed by atoms with E-state index in [-0.39, 0.29) is 10.9 Å². The van der Waals surface area contributed by atoms with E-state index in [2.05, 4.69) is 0 Å². The first kappa shape index (κ1) is 24.4. The highest BCUT2D eigenvalue weighted by Crippen LogP contribution is 2.23. The summed E-state index contributed by atoms with van der Waals surface area (Å²) in [6.07, 6.45) is 6.87. The number of carbonyl (C=O) groups excluding carboxylic acids is 2. The fraction of sp³-hybridized carbons (Fsp3) is 0.455. The van der Waals surface area contributed by atoms with E-state index in [4.69, 9.17) is 9.47 Å². The molecule has 0 bridgehead atoms. The van der Waals surface area contributed by atoms with Crippen LogP contribution < -0.4 is 5.23 Å². The lowest BCUT2D eigenvalue weighted by atomic mass is 10.1. The molecule has 1 N–H and O–H groups in total. The zero-order chi connectivity index (χ0) is 21.8. The Hall–Kier alpha value is -2.64. The molecule has 160 valence electrons. The van der Waals surface area contributed by atoms with Crippen LogP contribution >= 0.6 is 0 Å². The molecule has 0 saturated carbocycles. The van der Waals surface area contributed by atoms with Crippen molar-refractivity contribution in [3.05, 3.63) is 46.7 Å². The predicted molar refractivity (Wildman–Crippen MR) is 113 cm³/mol. The van der Waals surface area contributed by atoms with Gasteiger partial charge in [-0.2, -0.15) is 0 Å². The average molecular weight is 404 g/mol. The molecule has 0 spiro atoms. The second-order valence-corrected chi connectivity index (χ2v) is 7.46. The summed E-state index contributed by atoms with van der Waals surface area (Å²) < 4.78 is 10.1. The van der Waals surface area contributed by atoms with Crippen LogP contribution in [0.1, 0.15) is 51.7 Å². The lowest BCUT2D eigenvalue weighted by Gasteiger charge is -2.24. The maximum absolute atomic E-state index is 11.7. The minimum absolute atomic E-state index is 0.0634. The fourth-order valence-electron chi connectivity index (χ4n) is 2.18. The Bertz CT molecular complexity index is 722. The van der Waals surface area contributed by atoms with E-state index in [1.165, 1.54) is 30.4 Å². The quantitative estimate of drug-likeness (QED) is 0.327. The summed E-state index contributed by atoms with van der Waals surface area (Å²) in [6, 6.07) is 4.60. The number of ether oxygens (including phenoxy) is 2. The van der Waals surface area contributed by atoms with Crippen LogP contribution in [0.4, 0.5) is 5.69 Å². The van der Waals surface area contributed by atoms with E-state index in [0.29, 0.717) is 36.2 Å². The maximum atomic E-state index is 11.7. The Morgan fingerprint density at radius 3 is 2.00 bits per heavy atom. The Morgan fingerprint density at radius 1 is 1.00 bits per heavy atom. The maximum Gasteiger partial charge on any atom is 0.330 e. The zero-order valence-corrected chi connectivity index (χ0v) is 17.5. The van der Waals surface area contributed by atoms with Crippen LogP contribution in [0, 0.1) is 17.0 Å². The first-order valence-electron chi connectivity index (χ1n) is 9.69. The van der Waals surface area contributed by atoms with Crippen LogP contribution in [0.3, 0.4) is 0 Å². The number of rotatable bonds is 11. The van der Waals surface area contributed by atoms with Crippen LogP contribution in [0.2, 0.25) is 0 Å². The summed E-state index contributed by atoms with van der Waals surface area (Å²) in [7, 11) is 0. The highest BCUT2D eigenvalue weighted by atomic mass is 16.8. The molecule has 0 atom stereocenters. The number of esters is 2. The monoisotopic (exact) mass is 404 g/mol. The van der Waals surface area contributed by atoms with Crippen molar-refractivity contribution in [1.29, 1.82) is 0 Å². The van der Waals surface area contributed by atoms with Crippen molar-refractivity contribution < 1.29 is 24.3 Å². The highest BCUT2D eigenvalue weighted by Gasteiger charge is 2.05. The molecule has 1 rings (SSSR count). The van der Waals surface area contributed by atoms with Gasteiger partial charge in [-0.25, -0.2) is 9.59 Å². The normalized spacial score (nSPS) is 11.6. The number of hydrogen-bond donors (Lipinski definition) is 1. The molecule has 0 aliphatic rings. The van der Waals surface area contributed by atoms with E-state index in [1.807, 2.05) is 27.7 Å². The Balaban J connectivity index is 2.75. The molecule has 0 unspecified atom stereocenters. The van der Waals surface area contributed by atoms with Gasteiger partial charge >= 0.3 is 11.9 Å². The number of benzene rings is 1. The highest BCUT2D eigenvalue weighted by molar-refractivity contribution is 5.89. The van der Waals surface area contributed by atoms with Crippen LogP contribution in [-0.4, -0.2) is 30.4 Å². The van der Waals surface area contributed by atoms with Crippen LogP contribution in [0.25, 0.3) is 12.2 Å². The van der Waals surface area contributed by atoms with E-state index in [1.54, 1.807) is 12.1 Å². The van der Waals surface area contributed by atoms with Gasteiger partial charge in [0.15, 0.2) is 0 Å². The summed E-state index contributed by atoms with van der Waals surface area (Å²) in [5.41, 5.74) is 0.791. The largest absolute Gasteiger partial charge is 0.733 e. The van der Waals surface area contributed by atoms with Gasteiger partial charge in [-0.05, 0) is 54.0 Å². The van der Waals surface area contributed by atoms with E-state index in [0.717, 1.165) is 12.8 Å². The molecular formula is C22H30NO6-. The van der Waals surface area contributed by atoms with Gasteiger partial charge in [0.05, 0.1) is 18.9 Å². The molecule has 7 nitrogen and oxygen atoms in total. The van der Waals surface area contributed by atoms with Crippen LogP contribution in [0.15, 0.2) is 30.4 Å². The minimum Gasteiger partial charge on any atom is -0.733 e. The molecule has 0 aromatic heterocycles. The SMILES string of the molecule is CC(C)CCOC(=O)C=Cc1ccc(C=CC(=O)OCCC(C)C)c(N([O-])O)c1. The molecular weight excluding hydrogens is 374 g/mol. The molecule has 0 aliphatic heterocycles. The summed E-state index contributed by atoms with van der Waals surface area (Å²) in [5.74, 6) is -0.145. The van der Waals surface area contributed by atoms with Crippen molar-refractivity contribution in [1.82, 2.24) is 0 Å². The molecule has 0 amide bonds. The van der Waals surface area contributed by atoms with Gasteiger partial charge < -0.3 is 19.9 Å². The van der Waals surface area contributed by atoms with Crippen molar-refractivity contribution in [3.63, 3.8) is 0 Å². The molecule has 29 heavy (non-hydrogen) atoms. The number of hydrogen-bond acceptors (Lipinski definition) is 7. The van der Waals surface area contributed by atoms with Crippen LogP contribution in [0.5, 0.6) is 0 Å². The molecule has 0 heterocycles. The third-order valence-corrected chi connectivity index (χ3v) is 3.95. The lowest BCUT2D eigenvalue weighted by Crippen LogP contribution is -2.09.